The number of amides is 1. The summed E-state index contributed by atoms with van der Waals surface area (Å²) in [4.78, 5) is 12.8. The molecule has 0 atom stereocenters. The third kappa shape index (κ3) is 7.27. The van der Waals surface area contributed by atoms with Gasteiger partial charge in [0.25, 0.3) is 10.0 Å². The summed E-state index contributed by atoms with van der Waals surface area (Å²) in [5, 5.41) is 2.84. The molecule has 8 heteroatoms. The standard InChI is InChI=1S/C26H30N2O4S2/c1-3-32-24-15-13-23(14-16-24)28(34(30,31)25-7-5-4-6-8-25)19-26(29)27-17-18-33-20-22-11-9-21(2)10-12-22/h4-16H,3,17-20H2,1-2H3,(H,27,29). The first-order chi connectivity index (χ1) is 16.4. The number of ether oxygens (including phenoxy) is 1. The van der Waals surface area contributed by atoms with E-state index in [0.29, 0.717) is 24.6 Å². The van der Waals surface area contributed by atoms with Crippen molar-refractivity contribution in [3.63, 3.8) is 0 Å². The van der Waals surface area contributed by atoms with Gasteiger partial charge in [-0.15, -0.1) is 0 Å². The number of benzene rings is 3. The van der Waals surface area contributed by atoms with E-state index in [9.17, 15) is 13.2 Å². The van der Waals surface area contributed by atoms with Crippen molar-refractivity contribution in [2.45, 2.75) is 24.5 Å². The molecule has 0 saturated heterocycles. The lowest BCUT2D eigenvalue weighted by Crippen LogP contribution is -2.41. The van der Waals surface area contributed by atoms with Crippen LogP contribution < -0.4 is 14.4 Å². The maximum absolute atomic E-state index is 13.3. The summed E-state index contributed by atoms with van der Waals surface area (Å²) in [6, 6.07) is 23.2. The van der Waals surface area contributed by atoms with Crippen LogP contribution in [-0.4, -0.2) is 39.8 Å². The van der Waals surface area contributed by atoms with Crippen molar-refractivity contribution in [2.75, 3.05) is 29.8 Å². The minimum Gasteiger partial charge on any atom is -0.494 e. The number of sulfonamides is 1. The zero-order valence-electron chi connectivity index (χ0n) is 19.4. The summed E-state index contributed by atoms with van der Waals surface area (Å²) in [7, 11) is -3.92. The average molecular weight is 499 g/mol. The Morgan fingerprint density at radius 1 is 0.971 bits per heavy atom. The number of aryl methyl sites for hydroxylation is 1. The summed E-state index contributed by atoms with van der Waals surface area (Å²) in [5.74, 6) is 1.87. The molecular weight excluding hydrogens is 468 g/mol. The SMILES string of the molecule is CCOc1ccc(N(CC(=O)NCCSCc2ccc(C)cc2)S(=O)(=O)c2ccccc2)cc1. The summed E-state index contributed by atoms with van der Waals surface area (Å²) >= 11 is 1.72. The van der Waals surface area contributed by atoms with Crippen molar-refractivity contribution >= 4 is 33.4 Å². The van der Waals surface area contributed by atoms with Gasteiger partial charge in [-0.2, -0.15) is 11.8 Å². The van der Waals surface area contributed by atoms with Crippen molar-refractivity contribution in [3.05, 3.63) is 90.0 Å². The highest BCUT2D eigenvalue weighted by Crippen LogP contribution is 2.25. The van der Waals surface area contributed by atoms with Crippen LogP contribution in [0, 0.1) is 6.92 Å². The number of carbonyl (C=O) groups excluding carboxylic acids is 1. The van der Waals surface area contributed by atoms with Gasteiger partial charge in [0.1, 0.15) is 12.3 Å². The van der Waals surface area contributed by atoms with E-state index in [2.05, 4.69) is 36.5 Å². The molecule has 0 aliphatic rings. The molecular formula is C26H30N2O4S2. The maximum atomic E-state index is 13.3. The smallest absolute Gasteiger partial charge is 0.264 e. The lowest BCUT2D eigenvalue weighted by atomic mass is 10.2. The lowest BCUT2D eigenvalue weighted by Gasteiger charge is -2.24. The van der Waals surface area contributed by atoms with E-state index < -0.39 is 10.0 Å². The Balaban J connectivity index is 1.63. The molecule has 1 amide bonds. The Kier molecular flexibility index (Phi) is 9.42. The summed E-state index contributed by atoms with van der Waals surface area (Å²) in [5.41, 5.74) is 2.86. The van der Waals surface area contributed by atoms with Gasteiger partial charge in [-0.05, 0) is 55.8 Å². The number of nitrogens with zero attached hydrogens (tertiary/aromatic N) is 1. The minimum absolute atomic E-state index is 0.130. The van der Waals surface area contributed by atoms with Gasteiger partial charge < -0.3 is 10.1 Å². The Morgan fingerprint density at radius 3 is 2.29 bits per heavy atom. The zero-order chi connectivity index (χ0) is 24.4. The van der Waals surface area contributed by atoms with Gasteiger partial charge in [-0.25, -0.2) is 8.42 Å². The first kappa shape index (κ1) is 25.6. The zero-order valence-corrected chi connectivity index (χ0v) is 21.1. The second-order valence-electron chi connectivity index (χ2n) is 7.64. The highest BCUT2D eigenvalue weighted by atomic mass is 32.2. The van der Waals surface area contributed by atoms with Crippen LogP contribution in [0.15, 0.2) is 83.8 Å². The Morgan fingerprint density at radius 2 is 1.65 bits per heavy atom. The molecule has 0 heterocycles. The van der Waals surface area contributed by atoms with Crippen LogP contribution >= 0.6 is 11.8 Å². The summed E-state index contributed by atoms with van der Waals surface area (Å²) in [6.07, 6.45) is 0. The van der Waals surface area contributed by atoms with E-state index in [0.717, 1.165) is 15.8 Å². The van der Waals surface area contributed by atoms with Crippen LogP contribution in [0.5, 0.6) is 5.75 Å². The van der Waals surface area contributed by atoms with Crippen LogP contribution in [0.3, 0.4) is 0 Å². The van der Waals surface area contributed by atoms with Crippen LogP contribution in [0.2, 0.25) is 0 Å². The summed E-state index contributed by atoms with van der Waals surface area (Å²) in [6.45, 7) is 4.59. The molecule has 6 nitrogen and oxygen atoms in total. The molecule has 0 fully saturated rings. The fourth-order valence-corrected chi connectivity index (χ4v) is 5.49. The number of hydrogen-bond acceptors (Lipinski definition) is 5. The molecule has 3 aromatic rings. The third-order valence-electron chi connectivity index (χ3n) is 5.01. The first-order valence-corrected chi connectivity index (χ1v) is 13.7. The van der Waals surface area contributed by atoms with Crippen LogP contribution in [0.25, 0.3) is 0 Å². The molecule has 34 heavy (non-hydrogen) atoms. The monoisotopic (exact) mass is 498 g/mol. The Bertz CT molecular complexity index is 1150. The summed E-state index contributed by atoms with van der Waals surface area (Å²) < 4.78 is 33.3. The lowest BCUT2D eigenvalue weighted by molar-refractivity contribution is -0.119. The normalized spacial score (nSPS) is 11.1. The third-order valence-corrected chi connectivity index (χ3v) is 7.83. The number of nitrogens with one attached hydrogen (secondary N) is 1. The van der Waals surface area contributed by atoms with Gasteiger partial charge in [-0.1, -0.05) is 48.0 Å². The Hall–Kier alpha value is -2.97. The second kappa shape index (κ2) is 12.5. The molecule has 0 saturated carbocycles. The van der Waals surface area contributed by atoms with Crippen molar-refractivity contribution < 1.29 is 17.9 Å². The molecule has 0 spiro atoms. The first-order valence-electron chi connectivity index (χ1n) is 11.1. The molecule has 3 rings (SSSR count). The second-order valence-corrected chi connectivity index (χ2v) is 10.6. The van der Waals surface area contributed by atoms with Gasteiger partial charge >= 0.3 is 0 Å². The largest absolute Gasteiger partial charge is 0.494 e. The number of carbonyl (C=O) groups is 1. The van der Waals surface area contributed by atoms with E-state index in [1.54, 1.807) is 54.2 Å². The predicted molar refractivity (Wildman–Crippen MR) is 139 cm³/mol. The van der Waals surface area contributed by atoms with E-state index in [4.69, 9.17) is 4.74 Å². The quantitative estimate of drug-likeness (QED) is 0.368. The highest BCUT2D eigenvalue weighted by molar-refractivity contribution is 7.98. The van der Waals surface area contributed by atoms with Crippen LogP contribution in [0.4, 0.5) is 5.69 Å². The number of rotatable bonds is 12. The van der Waals surface area contributed by atoms with Gasteiger partial charge in [0, 0.05) is 18.1 Å². The maximum Gasteiger partial charge on any atom is 0.264 e. The molecule has 1 N–H and O–H groups in total. The topological polar surface area (TPSA) is 75.7 Å². The molecule has 3 aromatic carbocycles. The number of anilines is 1. The van der Waals surface area contributed by atoms with Gasteiger partial charge in [0.15, 0.2) is 0 Å². The minimum atomic E-state index is -3.92. The molecule has 0 bridgehead atoms. The Labute approximate surface area is 206 Å². The van der Waals surface area contributed by atoms with Crippen LogP contribution in [-0.2, 0) is 20.6 Å². The molecule has 0 aliphatic carbocycles. The molecule has 0 aliphatic heterocycles. The predicted octanol–water partition coefficient (Wildman–Crippen LogP) is 4.64. The number of hydrogen-bond donors (Lipinski definition) is 1. The van der Waals surface area contributed by atoms with Crippen molar-refractivity contribution in [1.29, 1.82) is 0 Å². The van der Waals surface area contributed by atoms with Crippen molar-refractivity contribution in [2.24, 2.45) is 0 Å². The van der Waals surface area contributed by atoms with E-state index in [1.807, 2.05) is 6.92 Å². The van der Waals surface area contributed by atoms with Crippen molar-refractivity contribution in [1.82, 2.24) is 5.32 Å². The van der Waals surface area contributed by atoms with Crippen molar-refractivity contribution in [3.8, 4) is 5.75 Å². The molecule has 0 unspecified atom stereocenters. The van der Waals surface area contributed by atoms with Crippen LogP contribution in [0.1, 0.15) is 18.1 Å². The molecule has 0 radical (unpaired) electrons. The van der Waals surface area contributed by atoms with E-state index >= 15 is 0 Å². The molecule has 180 valence electrons. The van der Waals surface area contributed by atoms with E-state index in [1.165, 1.54) is 23.3 Å². The fourth-order valence-electron chi connectivity index (χ4n) is 3.23. The average Bonchev–Trinajstić information content (AvgIpc) is 2.85. The van der Waals surface area contributed by atoms with E-state index in [-0.39, 0.29) is 17.3 Å². The number of thioether (sulfide) groups is 1. The molecule has 0 aromatic heterocycles. The van der Waals surface area contributed by atoms with Gasteiger partial charge in [0.2, 0.25) is 5.91 Å². The fraction of sp³-hybridized carbons (Fsp3) is 0.269. The highest BCUT2D eigenvalue weighted by Gasteiger charge is 2.27. The van der Waals surface area contributed by atoms with Gasteiger partial charge in [0.05, 0.1) is 17.2 Å². The van der Waals surface area contributed by atoms with Gasteiger partial charge in [-0.3, -0.25) is 9.10 Å².